The van der Waals surface area contributed by atoms with Gasteiger partial charge in [0, 0.05) is 60.6 Å². The summed E-state index contributed by atoms with van der Waals surface area (Å²) in [5.41, 5.74) is 4.58. The Morgan fingerprint density at radius 2 is 1.68 bits per heavy atom. The maximum Gasteiger partial charge on any atom is 0.128 e. The van der Waals surface area contributed by atoms with Crippen LogP contribution in [0.25, 0.3) is 22.4 Å². The monoisotopic (exact) mass is 474 g/mol. The highest BCUT2D eigenvalue weighted by molar-refractivity contribution is 6.30. The zero-order valence-electron chi connectivity index (χ0n) is 18.8. The summed E-state index contributed by atoms with van der Waals surface area (Å²) in [5, 5.41) is 18.6. The predicted octanol–water partition coefficient (Wildman–Crippen LogP) is 5.30. The number of aromatic hydroxyl groups is 1. The number of aromatic amines is 1. The van der Waals surface area contributed by atoms with E-state index in [0.29, 0.717) is 22.9 Å². The zero-order chi connectivity index (χ0) is 23.3. The molecule has 174 valence electrons. The van der Waals surface area contributed by atoms with Crippen LogP contribution in [0.5, 0.6) is 11.5 Å². The maximum atomic E-state index is 10.7. The van der Waals surface area contributed by atoms with Crippen molar-refractivity contribution in [3.63, 3.8) is 0 Å². The minimum Gasteiger partial charge on any atom is -0.507 e. The second-order valence-electron chi connectivity index (χ2n) is 8.36. The smallest absolute Gasteiger partial charge is 0.128 e. The molecule has 2 heterocycles. The van der Waals surface area contributed by atoms with Gasteiger partial charge < -0.3 is 14.7 Å². The molecule has 0 bridgehead atoms. The van der Waals surface area contributed by atoms with E-state index < -0.39 is 0 Å². The zero-order valence-corrected chi connectivity index (χ0v) is 19.6. The van der Waals surface area contributed by atoms with Crippen LogP contribution in [-0.2, 0) is 0 Å². The lowest BCUT2D eigenvalue weighted by Crippen LogP contribution is -2.47. The number of ether oxygens (including phenoxy) is 1. The van der Waals surface area contributed by atoms with E-state index in [1.807, 2.05) is 36.4 Å². The minimum absolute atomic E-state index is 0.147. The number of phenols is 1. The van der Waals surface area contributed by atoms with Gasteiger partial charge in [0.25, 0.3) is 0 Å². The molecule has 3 aromatic carbocycles. The van der Waals surface area contributed by atoms with Crippen LogP contribution in [0.1, 0.15) is 0 Å². The van der Waals surface area contributed by atoms with Gasteiger partial charge in [-0.3, -0.25) is 10.00 Å². The molecule has 34 heavy (non-hydrogen) atoms. The lowest BCUT2D eigenvalue weighted by atomic mass is 10.0. The molecular weight excluding hydrogens is 448 g/mol. The Balaban J connectivity index is 1.17. The number of anilines is 1. The van der Waals surface area contributed by atoms with Crippen LogP contribution in [0.15, 0.2) is 79.0 Å². The number of rotatable bonds is 7. The van der Waals surface area contributed by atoms with E-state index in [1.54, 1.807) is 12.3 Å². The number of hydrogen-bond acceptors (Lipinski definition) is 5. The lowest BCUT2D eigenvalue weighted by Gasteiger charge is -2.36. The number of aromatic nitrogens is 2. The normalized spacial score (nSPS) is 14.3. The average molecular weight is 475 g/mol. The number of benzene rings is 3. The number of halogens is 1. The Hall–Kier alpha value is -3.48. The third-order valence-electron chi connectivity index (χ3n) is 6.20. The molecule has 1 aliphatic heterocycles. The highest BCUT2D eigenvalue weighted by Gasteiger charge is 2.17. The van der Waals surface area contributed by atoms with Crippen molar-refractivity contribution in [1.82, 2.24) is 15.1 Å². The fraction of sp³-hybridized carbons (Fsp3) is 0.222. The molecule has 4 aromatic rings. The van der Waals surface area contributed by atoms with Crippen molar-refractivity contribution in [3.05, 3.63) is 84.0 Å². The minimum atomic E-state index is 0.147. The molecule has 1 aliphatic rings. The highest BCUT2D eigenvalue weighted by atomic mass is 35.5. The first kappa shape index (κ1) is 22.3. The Morgan fingerprint density at radius 1 is 0.912 bits per heavy atom. The van der Waals surface area contributed by atoms with Crippen LogP contribution in [0.3, 0.4) is 0 Å². The molecule has 1 aromatic heterocycles. The molecule has 1 saturated heterocycles. The molecular formula is C27H27ClN4O2. The number of piperazine rings is 1. The van der Waals surface area contributed by atoms with Gasteiger partial charge in [-0.1, -0.05) is 41.9 Å². The summed E-state index contributed by atoms with van der Waals surface area (Å²) in [6, 6.07) is 23.5. The first-order valence-electron chi connectivity index (χ1n) is 11.5. The van der Waals surface area contributed by atoms with Crippen LogP contribution in [0.2, 0.25) is 5.02 Å². The largest absolute Gasteiger partial charge is 0.507 e. The summed E-state index contributed by atoms with van der Waals surface area (Å²) in [4.78, 5) is 4.83. The second-order valence-corrected chi connectivity index (χ2v) is 8.79. The molecule has 5 rings (SSSR count). The molecule has 0 spiro atoms. The molecule has 2 N–H and O–H groups in total. The van der Waals surface area contributed by atoms with E-state index in [0.717, 1.165) is 49.5 Å². The summed E-state index contributed by atoms with van der Waals surface area (Å²) in [5.74, 6) is 0.796. The van der Waals surface area contributed by atoms with Crippen molar-refractivity contribution in [1.29, 1.82) is 0 Å². The molecule has 0 radical (unpaired) electrons. The van der Waals surface area contributed by atoms with Gasteiger partial charge in [0.1, 0.15) is 18.1 Å². The van der Waals surface area contributed by atoms with Gasteiger partial charge in [-0.25, -0.2) is 0 Å². The molecule has 6 nitrogen and oxygen atoms in total. The van der Waals surface area contributed by atoms with Crippen molar-refractivity contribution < 1.29 is 9.84 Å². The first-order chi connectivity index (χ1) is 16.7. The van der Waals surface area contributed by atoms with Gasteiger partial charge in [0.05, 0.1) is 11.9 Å². The van der Waals surface area contributed by atoms with Gasteiger partial charge >= 0.3 is 0 Å². The Morgan fingerprint density at radius 3 is 2.41 bits per heavy atom. The van der Waals surface area contributed by atoms with Gasteiger partial charge in [-0.15, -0.1) is 0 Å². The summed E-state index contributed by atoms with van der Waals surface area (Å²) >= 11 is 6.01. The third kappa shape index (κ3) is 5.03. The highest BCUT2D eigenvalue weighted by Crippen LogP contribution is 2.37. The van der Waals surface area contributed by atoms with Gasteiger partial charge in [-0.2, -0.15) is 5.10 Å². The second kappa shape index (κ2) is 10.2. The Kier molecular flexibility index (Phi) is 6.70. The van der Waals surface area contributed by atoms with Crippen molar-refractivity contribution in [3.8, 4) is 33.9 Å². The fourth-order valence-electron chi connectivity index (χ4n) is 4.31. The van der Waals surface area contributed by atoms with E-state index in [1.165, 1.54) is 5.69 Å². The average Bonchev–Trinajstić information content (AvgIpc) is 3.35. The van der Waals surface area contributed by atoms with Crippen molar-refractivity contribution in [2.75, 3.05) is 44.2 Å². The summed E-state index contributed by atoms with van der Waals surface area (Å²) < 4.78 is 5.95. The molecule has 1 fully saturated rings. The van der Waals surface area contributed by atoms with E-state index in [9.17, 15) is 5.11 Å². The fourth-order valence-corrected chi connectivity index (χ4v) is 4.44. The molecule has 0 atom stereocenters. The Labute approximate surface area is 204 Å². The standard InChI is InChI=1S/C27H27ClN4O2/c28-21-8-6-20(7-9-21)25-19-29-30-27(25)24-11-10-23(18-26(24)33)34-17-16-31-12-14-32(15-13-31)22-4-2-1-3-5-22/h1-11,18-19,33H,12-17H2,(H,29,30). The van der Waals surface area contributed by atoms with Crippen molar-refractivity contribution >= 4 is 17.3 Å². The summed E-state index contributed by atoms with van der Waals surface area (Å²) in [6.45, 7) is 5.47. The van der Waals surface area contributed by atoms with E-state index >= 15 is 0 Å². The van der Waals surface area contributed by atoms with E-state index in [2.05, 4.69) is 50.3 Å². The molecule has 0 saturated carbocycles. The van der Waals surface area contributed by atoms with Crippen molar-refractivity contribution in [2.24, 2.45) is 0 Å². The lowest BCUT2D eigenvalue weighted by molar-refractivity contribution is 0.200. The number of hydrogen-bond donors (Lipinski definition) is 2. The van der Waals surface area contributed by atoms with Crippen LogP contribution in [0, 0.1) is 0 Å². The summed E-state index contributed by atoms with van der Waals surface area (Å²) in [7, 11) is 0. The predicted molar refractivity (Wildman–Crippen MR) is 137 cm³/mol. The van der Waals surface area contributed by atoms with Gasteiger partial charge in [0.2, 0.25) is 0 Å². The topological polar surface area (TPSA) is 64.6 Å². The molecule has 7 heteroatoms. The van der Waals surface area contributed by atoms with Crippen molar-refractivity contribution in [2.45, 2.75) is 0 Å². The van der Waals surface area contributed by atoms with Gasteiger partial charge in [0.15, 0.2) is 0 Å². The number of nitrogens with one attached hydrogen (secondary N) is 1. The third-order valence-corrected chi connectivity index (χ3v) is 6.45. The number of phenolic OH excluding ortho intramolecular Hbond substituents is 1. The van der Waals surface area contributed by atoms with Crippen LogP contribution >= 0.6 is 11.6 Å². The molecule has 0 unspecified atom stereocenters. The van der Waals surface area contributed by atoms with Crippen LogP contribution in [-0.4, -0.2) is 59.5 Å². The van der Waals surface area contributed by atoms with E-state index in [-0.39, 0.29) is 5.75 Å². The Bertz CT molecular complexity index is 1220. The number of H-pyrrole nitrogens is 1. The first-order valence-corrected chi connectivity index (χ1v) is 11.8. The van der Waals surface area contributed by atoms with Gasteiger partial charge in [-0.05, 0) is 42.0 Å². The van der Waals surface area contributed by atoms with Crippen LogP contribution < -0.4 is 9.64 Å². The molecule has 0 amide bonds. The SMILES string of the molecule is Oc1cc(OCCN2CCN(c3ccccc3)CC2)ccc1-c1[nH]ncc1-c1ccc(Cl)cc1. The maximum absolute atomic E-state index is 10.7. The number of nitrogens with zero attached hydrogens (tertiary/aromatic N) is 3. The van der Waals surface area contributed by atoms with E-state index in [4.69, 9.17) is 16.3 Å². The number of para-hydroxylation sites is 1. The van der Waals surface area contributed by atoms with Crippen LogP contribution in [0.4, 0.5) is 5.69 Å². The molecule has 0 aliphatic carbocycles. The summed E-state index contributed by atoms with van der Waals surface area (Å²) in [6.07, 6.45) is 1.75. The quantitative estimate of drug-likeness (QED) is 0.380.